The molecular weight excluding hydrogens is 168 g/mol. The molecule has 0 aliphatic carbocycles. The monoisotopic (exact) mass is 180 g/mol. The predicted molar refractivity (Wildman–Crippen MR) is 49.8 cm³/mol. The van der Waals surface area contributed by atoms with Gasteiger partial charge < -0.3 is 10.5 Å². The van der Waals surface area contributed by atoms with E-state index in [0.29, 0.717) is 5.95 Å². The maximum absolute atomic E-state index is 5.35. The van der Waals surface area contributed by atoms with Crippen molar-refractivity contribution in [1.82, 2.24) is 9.97 Å². The molecule has 70 valence electrons. The largest absolute Gasteiger partial charge is 0.468 e. The molecule has 0 aromatic carbocycles. The number of hydrogen-bond acceptors (Lipinski definition) is 4. The second-order valence-corrected chi connectivity index (χ2v) is 2.60. The van der Waals surface area contributed by atoms with Gasteiger partial charge in [-0.15, -0.1) is 0 Å². The van der Waals surface area contributed by atoms with Gasteiger partial charge in [-0.3, -0.25) is 0 Å². The van der Waals surface area contributed by atoms with Gasteiger partial charge >= 0.3 is 0 Å². The van der Waals surface area contributed by atoms with E-state index in [1.165, 1.54) is 7.11 Å². The summed E-state index contributed by atoms with van der Waals surface area (Å²) in [6.45, 7) is 3.74. The first-order valence-electron chi connectivity index (χ1n) is 3.82. The lowest BCUT2D eigenvalue weighted by Gasteiger charge is -1.99. The number of methoxy groups -OCH3 is 1. The molecule has 5 heteroatoms. The van der Waals surface area contributed by atoms with Crippen molar-refractivity contribution in [1.29, 1.82) is 0 Å². The SMILES string of the molecule is CO/C(N)=N/c1nc(C)cc(C)n1. The summed E-state index contributed by atoms with van der Waals surface area (Å²) < 4.78 is 4.68. The Kier molecular flexibility index (Phi) is 2.79. The Balaban J connectivity index is 3.02. The number of hydrogen-bond donors (Lipinski definition) is 1. The molecule has 1 aromatic rings. The minimum Gasteiger partial charge on any atom is -0.468 e. The van der Waals surface area contributed by atoms with Crippen LogP contribution in [0, 0.1) is 13.8 Å². The molecule has 0 saturated heterocycles. The molecule has 0 aliphatic heterocycles. The predicted octanol–water partition coefficient (Wildman–Crippen LogP) is 0.686. The van der Waals surface area contributed by atoms with Gasteiger partial charge in [0.2, 0.25) is 0 Å². The average Bonchev–Trinajstić information content (AvgIpc) is 2.02. The molecule has 0 aliphatic rings. The van der Waals surface area contributed by atoms with E-state index in [1.807, 2.05) is 19.9 Å². The highest BCUT2D eigenvalue weighted by Crippen LogP contribution is 2.06. The van der Waals surface area contributed by atoms with Crippen LogP contribution < -0.4 is 5.73 Å². The average molecular weight is 180 g/mol. The van der Waals surface area contributed by atoms with Gasteiger partial charge in [-0.2, -0.15) is 4.99 Å². The minimum atomic E-state index is 0.0602. The quantitative estimate of drug-likeness (QED) is 0.509. The van der Waals surface area contributed by atoms with Crippen LogP contribution in [0.15, 0.2) is 11.1 Å². The molecule has 0 spiro atoms. The smallest absolute Gasteiger partial charge is 0.289 e. The standard InChI is InChI=1S/C8H12N4O/c1-5-4-6(2)11-8(10-5)12-7(9)13-3/h4H,1-3H3,(H2,9,10,11,12). The maximum Gasteiger partial charge on any atom is 0.289 e. The fraction of sp³-hybridized carbons (Fsp3) is 0.375. The number of nitrogens with two attached hydrogens (primary N) is 1. The first-order valence-corrected chi connectivity index (χ1v) is 3.82. The third kappa shape index (κ3) is 2.70. The van der Waals surface area contributed by atoms with Gasteiger partial charge in [-0.25, -0.2) is 9.97 Å². The lowest BCUT2D eigenvalue weighted by atomic mass is 10.4. The van der Waals surface area contributed by atoms with Crippen molar-refractivity contribution in [2.24, 2.45) is 10.7 Å². The van der Waals surface area contributed by atoms with Gasteiger partial charge in [0.15, 0.2) is 0 Å². The highest BCUT2D eigenvalue weighted by Gasteiger charge is 1.98. The van der Waals surface area contributed by atoms with E-state index in [2.05, 4.69) is 19.7 Å². The van der Waals surface area contributed by atoms with Crippen LogP contribution in [0.4, 0.5) is 5.95 Å². The van der Waals surface area contributed by atoms with E-state index in [9.17, 15) is 0 Å². The summed E-state index contributed by atoms with van der Waals surface area (Å²) in [6, 6.07) is 1.92. The molecule has 0 saturated carbocycles. The molecule has 0 bridgehead atoms. The van der Waals surface area contributed by atoms with Crippen molar-refractivity contribution in [2.45, 2.75) is 13.8 Å². The molecule has 0 fully saturated rings. The summed E-state index contributed by atoms with van der Waals surface area (Å²) in [5.41, 5.74) is 7.07. The van der Waals surface area contributed by atoms with Crippen LogP contribution >= 0.6 is 0 Å². The Labute approximate surface area is 76.7 Å². The number of rotatable bonds is 1. The van der Waals surface area contributed by atoms with Crippen molar-refractivity contribution in [3.05, 3.63) is 17.5 Å². The van der Waals surface area contributed by atoms with Crippen molar-refractivity contribution in [3.8, 4) is 0 Å². The molecule has 0 amide bonds. The molecule has 1 aromatic heterocycles. The normalized spacial score (nSPS) is 11.5. The molecule has 0 atom stereocenters. The highest BCUT2D eigenvalue weighted by atomic mass is 16.5. The van der Waals surface area contributed by atoms with Gasteiger partial charge in [0.1, 0.15) is 0 Å². The van der Waals surface area contributed by atoms with Gasteiger partial charge in [0.05, 0.1) is 7.11 Å². The van der Waals surface area contributed by atoms with Gasteiger partial charge in [-0.1, -0.05) is 0 Å². The van der Waals surface area contributed by atoms with Crippen molar-refractivity contribution in [2.75, 3.05) is 7.11 Å². The number of aryl methyl sites for hydroxylation is 2. The number of ether oxygens (including phenoxy) is 1. The topological polar surface area (TPSA) is 73.4 Å². The summed E-state index contributed by atoms with van der Waals surface area (Å²) in [4.78, 5) is 12.0. The third-order valence-corrected chi connectivity index (χ3v) is 1.39. The summed E-state index contributed by atoms with van der Waals surface area (Å²) in [7, 11) is 1.45. The third-order valence-electron chi connectivity index (χ3n) is 1.39. The number of aliphatic imine (C=N–C) groups is 1. The minimum absolute atomic E-state index is 0.0602. The first kappa shape index (κ1) is 9.44. The Hall–Kier alpha value is -1.65. The van der Waals surface area contributed by atoms with Crippen LogP contribution in [-0.4, -0.2) is 23.1 Å². The zero-order chi connectivity index (χ0) is 9.84. The zero-order valence-corrected chi connectivity index (χ0v) is 7.90. The molecule has 1 rings (SSSR count). The summed E-state index contributed by atoms with van der Waals surface area (Å²) in [5.74, 6) is 0.330. The Morgan fingerprint density at radius 3 is 2.38 bits per heavy atom. The molecule has 2 N–H and O–H groups in total. The Bertz CT molecular complexity index is 315. The van der Waals surface area contributed by atoms with E-state index < -0.39 is 0 Å². The van der Waals surface area contributed by atoms with Crippen molar-refractivity contribution in [3.63, 3.8) is 0 Å². The van der Waals surface area contributed by atoms with Crippen LogP contribution in [-0.2, 0) is 4.74 Å². The fourth-order valence-corrected chi connectivity index (χ4v) is 0.902. The maximum atomic E-state index is 5.35. The zero-order valence-electron chi connectivity index (χ0n) is 7.90. The van der Waals surface area contributed by atoms with Gasteiger partial charge in [-0.05, 0) is 19.9 Å². The summed E-state index contributed by atoms with van der Waals surface area (Å²) in [5, 5.41) is 0. The van der Waals surface area contributed by atoms with E-state index in [1.54, 1.807) is 0 Å². The van der Waals surface area contributed by atoms with E-state index in [0.717, 1.165) is 11.4 Å². The van der Waals surface area contributed by atoms with Crippen molar-refractivity contribution >= 4 is 12.0 Å². The number of amidine groups is 1. The molecule has 13 heavy (non-hydrogen) atoms. The van der Waals surface area contributed by atoms with Gasteiger partial charge in [0.25, 0.3) is 12.0 Å². The molecule has 5 nitrogen and oxygen atoms in total. The lowest BCUT2D eigenvalue weighted by Crippen LogP contribution is -2.13. The van der Waals surface area contributed by atoms with E-state index in [-0.39, 0.29) is 6.02 Å². The fourth-order valence-electron chi connectivity index (χ4n) is 0.902. The van der Waals surface area contributed by atoms with Crippen LogP contribution in [0.3, 0.4) is 0 Å². The first-order chi connectivity index (χ1) is 6.11. The Morgan fingerprint density at radius 2 is 1.92 bits per heavy atom. The van der Waals surface area contributed by atoms with E-state index in [4.69, 9.17) is 5.73 Å². The number of nitrogens with zero attached hydrogens (tertiary/aromatic N) is 3. The van der Waals surface area contributed by atoms with Crippen LogP contribution in [0.25, 0.3) is 0 Å². The summed E-state index contributed by atoms with van der Waals surface area (Å²) >= 11 is 0. The van der Waals surface area contributed by atoms with Crippen LogP contribution in [0.1, 0.15) is 11.4 Å². The highest BCUT2D eigenvalue weighted by molar-refractivity contribution is 5.73. The van der Waals surface area contributed by atoms with Crippen LogP contribution in [0.5, 0.6) is 0 Å². The van der Waals surface area contributed by atoms with Gasteiger partial charge in [0, 0.05) is 11.4 Å². The summed E-state index contributed by atoms with van der Waals surface area (Å²) in [6.07, 6.45) is 0. The van der Waals surface area contributed by atoms with Crippen LogP contribution in [0.2, 0.25) is 0 Å². The molecular formula is C8H12N4O. The van der Waals surface area contributed by atoms with Crippen molar-refractivity contribution < 1.29 is 4.74 Å². The molecule has 1 heterocycles. The Morgan fingerprint density at radius 1 is 1.38 bits per heavy atom. The lowest BCUT2D eigenvalue weighted by molar-refractivity contribution is 0.396. The van der Waals surface area contributed by atoms with E-state index >= 15 is 0 Å². The molecule has 0 unspecified atom stereocenters. The second kappa shape index (κ2) is 3.84. The molecule has 0 radical (unpaired) electrons. The number of aromatic nitrogens is 2. The second-order valence-electron chi connectivity index (χ2n) is 2.60.